The van der Waals surface area contributed by atoms with E-state index >= 15 is 0 Å². The topological polar surface area (TPSA) is 108 Å². The zero-order valence-corrected chi connectivity index (χ0v) is 17.9. The van der Waals surface area contributed by atoms with Gasteiger partial charge < -0.3 is 19.1 Å². The van der Waals surface area contributed by atoms with E-state index in [1.807, 2.05) is 30.3 Å². The van der Waals surface area contributed by atoms with Gasteiger partial charge in [0.05, 0.1) is 25.2 Å². The van der Waals surface area contributed by atoms with Gasteiger partial charge in [-0.3, -0.25) is 14.9 Å². The molecule has 1 unspecified atom stereocenters. The van der Waals surface area contributed by atoms with Crippen molar-refractivity contribution in [2.75, 3.05) is 20.8 Å². The number of carbonyl (C=O) groups is 2. The summed E-state index contributed by atoms with van der Waals surface area (Å²) in [4.78, 5) is 38.3. The fraction of sp³-hybridized carbons (Fsp3) is 0.391. The van der Waals surface area contributed by atoms with Gasteiger partial charge in [0.1, 0.15) is 18.2 Å². The zero-order valence-electron chi connectivity index (χ0n) is 17.9. The summed E-state index contributed by atoms with van der Waals surface area (Å²) < 4.78 is 16.0. The Bertz CT molecular complexity index is 1050. The van der Waals surface area contributed by atoms with Crippen LogP contribution in [-0.4, -0.2) is 48.5 Å². The maximum atomic E-state index is 13.4. The largest absolute Gasteiger partial charge is 0.493 e. The molecule has 2 aliphatic rings. The van der Waals surface area contributed by atoms with Gasteiger partial charge in [0.15, 0.2) is 11.5 Å². The molecule has 1 amide bonds. The summed E-state index contributed by atoms with van der Waals surface area (Å²) in [6.07, 6.45) is 2.35. The molecule has 1 saturated carbocycles. The summed E-state index contributed by atoms with van der Waals surface area (Å²) in [6, 6.07) is 11.1. The number of amides is 1. The van der Waals surface area contributed by atoms with E-state index in [1.54, 1.807) is 0 Å². The Morgan fingerprint density at radius 3 is 2.47 bits per heavy atom. The van der Waals surface area contributed by atoms with Crippen molar-refractivity contribution in [2.24, 2.45) is 5.41 Å². The maximum absolute atomic E-state index is 13.4. The molecule has 2 aromatic carbocycles. The van der Waals surface area contributed by atoms with Crippen molar-refractivity contribution in [1.82, 2.24) is 4.90 Å². The summed E-state index contributed by atoms with van der Waals surface area (Å²) in [5.41, 5.74) is 0.237. The van der Waals surface area contributed by atoms with Gasteiger partial charge >= 0.3 is 5.97 Å². The molecule has 1 saturated heterocycles. The van der Waals surface area contributed by atoms with E-state index in [0.717, 1.165) is 18.4 Å². The number of rotatable bonds is 7. The van der Waals surface area contributed by atoms with Crippen LogP contribution in [0.1, 0.15) is 35.2 Å². The molecule has 0 aromatic heterocycles. The zero-order chi connectivity index (χ0) is 22.9. The lowest BCUT2D eigenvalue weighted by Gasteiger charge is -2.23. The second kappa shape index (κ2) is 8.49. The van der Waals surface area contributed by atoms with Gasteiger partial charge in [0.25, 0.3) is 11.6 Å². The Morgan fingerprint density at radius 1 is 1.16 bits per heavy atom. The first kappa shape index (κ1) is 21.6. The van der Waals surface area contributed by atoms with Crippen LogP contribution >= 0.6 is 0 Å². The fourth-order valence-corrected chi connectivity index (χ4v) is 4.19. The van der Waals surface area contributed by atoms with E-state index in [1.165, 1.54) is 31.3 Å². The maximum Gasteiger partial charge on any atom is 0.328 e. The second-order valence-corrected chi connectivity index (χ2v) is 8.23. The van der Waals surface area contributed by atoms with Crippen LogP contribution in [0.15, 0.2) is 42.5 Å². The SMILES string of the molecule is COC(=O)C1CC2(CC2)CN1C(=O)c1cc(OC)c(OCc2ccccc2)cc1[N+](=O)[O-]. The molecule has 9 heteroatoms. The minimum atomic E-state index is -0.755. The molecule has 168 valence electrons. The van der Waals surface area contributed by atoms with Crippen molar-refractivity contribution in [2.45, 2.75) is 31.9 Å². The molecule has 0 bridgehead atoms. The van der Waals surface area contributed by atoms with Gasteiger partial charge in [-0.1, -0.05) is 30.3 Å². The molecule has 1 heterocycles. The predicted molar refractivity (Wildman–Crippen MR) is 114 cm³/mol. The highest BCUT2D eigenvalue weighted by molar-refractivity contribution is 6.01. The highest BCUT2D eigenvalue weighted by atomic mass is 16.6. The number of ether oxygens (including phenoxy) is 3. The Morgan fingerprint density at radius 2 is 1.88 bits per heavy atom. The molecule has 32 heavy (non-hydrogen) atoms. The lowest BCUT2D eigenvalue weighted by Crippen LogP contribution is -2.41. The van der Waals surface area contributed by atoms with E-state index in [4.69, 9.17) is 14.2 Å². The van der Waals surface area contributed by atoms with Crippen LogP contribution in [0.5, 0.6) is 11.5 Å². The molecule has 1 atom stereocenters. The second-order valence-electron chi connectivity index (χ2n) is 8.23. The molecule has 1 spiro atoms. The van der Waals surface area contributed by atoms with Gasteiger partial charge in [-0.15, -0.1) is 0 Å². The summed E-state index contributed by atoms with van der Waals surface area (Å²) in [5, 5.41) is 11.8. The van der Waals surface area contributed by atoms with Gasteiger partial charge in [-0.25, -0.2) is 4.79 Å². The number of hydrogen-bond acceptors (Lipinski definition) is 7. The number of nitrogens with zero attached hydrogens (tertiary/aromatic N) is 2. The van der Waals surface area contributed by atoms with Crippen molar-refractivity contribution in [1.29, 1.82) is 0 Å². The summed E-state index contributed by atoms with van der Waals surface area (Å²) in [5.74, 6) is -0.752. The molecular formula is C23H24N2O7. The Hall–Kier alpha value is -3.62. The Balaban J connectivity index is 1.66. The smallest absolute Gasteiger partial charge is 0.328 e. The van der Waals surface area contributed by atoms with E-state index in [2.05, 4.69) is 0 Å². The number of methoxy groups -OCH3 is 2. The number of likely N-dealkylation sites (tertiary alicyclic amines) is 1. The van der Waals surface area contributed by atoms with Gasteiger partial charge in [-0.2, -0.15) is 0 Å². The predicted octanol–water partition coefficient (Wildman–Crippen LogP) is 3.35. The van der Waals surface area contributed by atoms with Crippen LogP contribution in [0, 0.1) is 15.5 Å². The van der Waals surface area contributed by atoms with Gasteiger partial charge in [0, 0.05) is 12.6 Å². The Labute approximate surface area is 185 Å². The van der Waals surface area contributed by atoms with Crippen molar-refractivity contribution >= 4 is 17.6 Å². The highest BCUT2D eigenvalue weighted by Crippen LogP contribution is 2.55. The summed E-state index contributed by atoms with van der Waals surface area (Å²) >= 11 is 0. The first-order valence-electron chi connectivity index (χ1n) is 10.3. The third kappa shape index (κ3) is 4.10. The number of hydrogen-bond donors (Lipinski definition) is 0. The molecule has 2 aromatic rings. The number of nitro groups is 1. The van der Waals surface area contributed by atoms with Crippen LogP contribution in [0.2, 0.25) is 0 Å². The first-order chi connectivity index (χ1) is 15.4. The van der Waals surface area contributed by atoms with Crippen LogP contribution in [-0.2, 0) is 16.1 Å². The van der Waals surface area contributed by atoms with Crippen molar-refractivity contribution < 1.29 is 28.7 Å². The third-order valence-corrected chi connectivity index (χ3v) is 6.15. The fourth-order valence-electron chi connectivity index (χ4n) is 4.19. The minimum absolute atomic E-state index is 0.0912. The molecule has 4 rings (SSSR count). The lowest BCUT2D eigenvalue weighted by atomic mass is 10.0. The molecule has 1 aliphatic carbocycles. The standard InChI is InChI=1S/C23H24N2O7/c1-30-19-10-16(21(26)24-14-23(8-9-23)12-18(24)22(27)31-2)17(25(28)29)11-20(19)32-13-15-6-4-3-5-7-15/h3-7,10-11,18H,8-9,12-14H2,1-2H3. The lowest BCUT2D eigenvalue weighted by molar-refractivity contribution is -0.385. The highest BCUT2D eigenvalue weighted by Gasteiger charge is 2.56. The normalized spacial score (nSPS) is 18.3. The third-order valence-electron chi connectivity index (χ3n) is 6.15. The van der Waals surface area contributed by atoms with Crippen LogP contribution in [0.3, 0.4) is 0 Å². The number of carbonyl (C=O) groups excluding carboxylic acids is 2. The van der Waals surface area contributed by atoms with E-state index in [-0.39, 0.29) is 29.1 Å². The first-order valence-corrected chi connectivity index (χ1v) is 10.3. The quantitative estimate of drug-likeness (QED) is 0.369. The Kier molecular flexibility index (Phi) is 5.73. The number of esters is 1. The van der Waals surface area contributed by atoms with E-state index < -0.39 is 28.5 Å². The van der Waals surface area contributed by atoms with Gasteiger partial charge in [-0.05, 0) is 30.2 Å². The van der Waals surface area contributed by atoms with E-state index in [9.17, 15) is 19.7 Å². The van der Waals surface area contributed by atoms with Crippen molar-refractivity contribution in [3.63, 3.8) is 0 Å². The molecule has 1 aliphatic heterocycles. The average Bonchev–Trinajstić information content (AvgIpc) is 3.46. The molecular weight excluding hydrogens is 416 g/mol. The van der Waals surface area contributed by atoms with Crippen molar-refractivity contribution in [3.05, 3.63) is 63.7 Å². The minimum Gasteiger partial charge on any atom is -0.493 e. The molecule has 0 radical (unpaired) electrons. The van der Waals surface area contributed by atoms with Crippen LogP contribution in [0.4, 0.5) is 5.69 Å². The monoisotopic (exact) mass is 440 g/mol. The van der Waals surface area contributed by atoms with Crippen molar-refractivity contribution in [3.8, 4) is 11.5 Å². The van der Waals surface area contributed by atoms with Gasteiger partial charge in [0.2, 0.25) is 0 Å². The summed E-state index contributed by atoms with van der Waals surface area (Å²) in [6.45, 7) is 0.554. The summed E-state index contributed by atoms with van der Waals surface area (Å²) in [7, 11) is 2.67. The average molecular weight is 440 g/mol. The number of benzene rings is 2. The molecule has 0 N–H and O–H groups in total. The molecule has 9 nitrogen and oxygen atoms in total. The van der Waals surface area contributed by atoms with Crippen LogP contribution < -0.4 is 9.47 Å². The van der Waals surface area contributed by atoms with Crippen LogP contribution in [0.25, 0.3) is 0 Å². The molecule has 2 fully saturated rings. The van der Waals surface area contributed by atoms with E-state index in [0.29, 0.717) is 13.0 Å². The number of nitro benzene ring substituents is 1.